The van der Waals surface area contributed by atoms with Gasteiger partial charge in [0.2, 0.25) is 0 Å². The molecule has 4 heteroatoms. The van der Waals surface area contributed by atoms with E-state index >= 15 is 0 Å². The number of nitrogens with zero attached hydrogens (tertiary/aromatic N) is 1. The second-order valence-corrected chi connectivity index (χ2v) is 6.36. The maximum atomic E-state index is 11.6. The molecule has 1 N–H and O–H groups in total. The average Bonchev–Trinajstić information content (AvgIpc) is 3.14. The van der Waals surface area contributed by atoms with E-state index in [1.54, 1.807) is 12.1 Å². The summed E-state index contributed by atoms with van der Waals surface area (Å²) in [5, 5.41) is 12.2. The number of hydrogen-bond acceptors (Lipinski definition) is 2. The van der Waals surface area contributed by atoms with Crippen LogP contribution in [0.15, 0.2) is 91.1 Å². The zero-order chi connectivity index (χ0) is 18.6. The summed E-state index contributed by atoms with van der Waals surface area (Å²) in [4.78, 5) is 14.5. The highest BCUT2D eigenvalue weighted by atomic mass is 16.6. The van der Waals surface area contributed by atoms with E-state index in [-0.39, 0.29) is 16.5 Å². The van der Waals surface area contributed by atoms with Crippen molar-refractivity contribution in [3.63, 3.8) is 0 Å². The van der Waals surface area contributed by atoms with Crippen LogP contribution in [-0.2, 0) is 0 Å². The molecular weight excluding hydrogens is 336 g/mol. The van der Waals surface area contributed by atoms with Gasteiger partial charge in [0.25, 0.3) is 5.69 Å². The van der Waals surface area contributed by atoms with Crippen molar-refractivity contribution < 1.29 is 4.92 Å². The number of non-ortho nitro benzene ring substituents is 1. The zero-order valence-corrected chi connectivity index (χ0v) is 14.6. The van der Waals surface area contributed by atoms with Crippen LogP contribution in [0.2, 0.25) is 0 Å². The van der Waals surface area contributed by atoms with Gasteiger partial charge in [-0.3, -0.25) is 10.1 Å². The van der Waals surface area contributed by atoms with E-state index in [1.807, 2.05) is 72.9 Å². The zero-order valence-electron chi connectivity index (χ0n) is 14.6. The first-order chi connectivity index (χ1) is 13.2. The molecule has 4 aromatic rings. The van der Waals surface area contributed by atoms with Crippen LogP contribution in [0.3, 0.4) is 0 Å². The Morgan fingerprint density at radius 1 is 0.889 bits per heavy atom. The molecule has 0 saturated heterocycles. The predicted molar refractivity (Wildman–Crippen MR) is 109 cm³/mol. The molecule has 1 atom stereocenters. The smallest absolute Gasteiger partial charge is 0.279 e. The molecule has 1 aromatic heterocycles. The molecule has 0 spiro atoms. The van der Waals surface area contributed by atoms with Crippen molar-refractivity contribution in [2.45, 2.75) is 5.92 Å². The molecule has 0 aliphatic rings. The lowest BCUT2D eigenvalue weighted by atomic mass is 9.89. The molecule has 0 saturated carbocycles. The van der Waals surface area contributed by atoms with E-state index in [4.69, 9.17) is 0 Å². The fourth-order valence-corrected chi connectivity index (χ4v) is 3.42. The van der Waals surface area contributed by atoms with Crippen molar-refractivity contribution in [3.8, 4) is 0 Å². The number of rotatable bonds is 5. The number of nitro groups is 1. The highest BCUT2D eigenvalue weighted by Crippen LogP contribution is 2.37. The Balaban J connectivity index is 1.88. The van der Waals surface area contributed by atoms with Gasteiger partial charge in [0, 0.05) is 18.2 Å². The first-order valence-corrected chi connectivity index (χ1v) is 8.76. The summed E-state index contributed by atoms with van der Waals surface area (Å²) < 4.78 is 0. The Kier molecular flexibility index (Phi) is 4.54. The molecule has 3 aromatic carbocycles. The molecule has 1 heterocycles. The summed E-state index contributed by atoms with van der Waals surface area (Å²) in [6.45, 7) is 0. The molecular formula is C23H18N2O2. The average molecular weight is 354 g/mol. The van der Waals surface area contributed by atoms with Gasteiger partial charge in [0.05, 0.1) is 15.8 Å². The molecule has 0 bridgehead atoms. The van der Waals surface area contributed by atoms with E-state index in [0.29, 0.717) is 5.39 Å². The lowest BCUT2D eigenvalue weighted by Gasteiger charge is -2.13. The van der Waals surface area contributed by atoms with E-state index in [2.05, 4.69) is 17.1 Å². The van der Waals surface area contributed by atoms with Crippen LogP contribution >= 0.6 is 0 Å². The Bertz CT molecular complexity index is 1100. The minimum Gasteiger partial charge on any atom is -0.361 e. The van der Waals surface area contributed by atoms with Gasteiger partial charge in [0.1, 0.15) is 0 Å². The third kappa shape index (κ3) is 3.37. The van der Waals surface area contributed by atoms with Crippen molar-refractivity contribution >= 4 is 22.7 Å². The van der Waals surface area contributed by atoms with E-state index in [9.17, 15) is 10.1 Å². The van der Waals surface area contributed by atoms with Crippen molar-refractivity contribution in [2.75, 3.05) is 0 Å². The molecule has 0 amide bonds. The Labute approximate surface area is 156 Å². The van der Waals surface area contributed by atoms with Crippen LogP contribution in [0.5, 0.6) is 0 Å². The number of aromatic nitrogens is 1. The van der Waals surface area contributed by atoms with E-state index in [0.717, 1.165) is 22.2 Å². The summed E-state index contributed by atoms with van der Waals surface area (Å²) in [6.07, 6.45) is 6.04. The maximum Gasteiger partial charge on any atom is 0.279 e. The number of aromatic amines is 1. The normalized spacial score (nSPS) is 12.4. The SMILES string of the molecule is O=[N+]([O-])c1cccc2[nH]cc(C(/C=C/c3ccccc3)c3ccccc3)c12. The largest absolute Gasteiger partial charge is 0.361 e. The van der Waals surface area contributed by atoms with Crippen LogP contribution < -0.4 is 0 Å². The molecule has 0 aliphatic carbocycles. The summed E-state index contributed by atoms with van der Waals surface area (Å²) in [7, 11) is 0. The van der Waals surface area contributed by atoms with Gasteiger partial charge in [-0.15, -0.1) is 0 Å². The van der Waals surface area contributed by atoms with Crippen molar-refractivity contribution in [1.29, 1.82) is 0 Å². The molecule has 0 fully saturated rings. The molecule has 132 valence electrons. The van der Waals surface area contributed by atoms with Gasteiger partial charge in [-0.25, -0.2) is 0 Å². The van der Waals surface area contributed by atoms with Gasteiger partial charge in [-0.05, 0) is 22.8 Å². The van der Waals surface area contributed by atoms with Crippen molar-refractivity contribution in [2.24, 2.45) is 0 Å². The predicted octanol–water partition coefficient (Wildman–Crippen LogP) is 5.92. The molecule has 4 nitrogen and oxygen atoms in total. The van der Waals surface area contributed by atoms with E-state index in [1.165, 1.54) is 0 Å². The van der Waals surface area contributed by atoms with Gasteiger partial charge < -0.3 is 4.98 Å². The Morgan fingerprint density at radius 2 is 1.59 bits per heavy atom. The molecule has 0 aliphatic heterocycles. The van der Waals surface area contributed by atoms with Crippen LogP contribution in [0.25, 0.3) is 17.0 Å². The first-order valence-electron chi connectivity index (χ1n) is 8.76. The number of benzene rings is 3. The Hall–Kier alpha value is -3.66. The van der Waals surface area contributed by atoms with Crippen LogP contribution in [0, 0.1) is 10.1 Å². The molecule has 1 unspecified atom stereocenters. The van der Waals surface area contributed by atoms with Gasteiger partial charge in [-0.2, -0.15) is 0 Å². The van der Waals surface area contributed by atoms with Crippen molar-refractivity contribution in [3.05, 3.63) is 118 Å². The topological polar surface area (TPSA) is 58.9 Å². The van der Waals surface area contributed by atoms with Gasteiger partial charge in [0.15, 0.2) is 0 Å². The number of fused-ring (bicyclic) bond motifs is 1. The molecule has 0 radical (unpaired) electrons. The van der Waals surface area contributed by atoms with Crippen molar-refractivity contribution in [1.82, 2.24) is 4.98 Å². The summed E-state index contributed by atoms with van der Waals surface area (Å²) in [5.74, 6) is -0.0961. The van der Waals surface area contributed by atoms with Crippen LogP contribution in [0.1, 0.15) is 22.6 Å². The van der Waals surface area contributed by atoms with E-state index < -0.39 is 0 Å². The van der Waals surface area contributed by atoms with Gasteiger partial charge >= 0.3 is 0 Å². The highest BCUT2D eigenvalue weighted by Gasteiger charge is 2.22. The Morgan fingerprint density at radius 3 is 2.30 bits per heavy atom. The fourth-order valence-electron chi connectivity index (χ4n) is 3.42. The minimum atomic E-state index is -0.317. The van der Waals surface area contributed by atoms with Gasteiger partial charge in [-0.1, -0.05) is 78.9 Å². The number of hydrogen-bond donors (Lipinski definition) is 1. The number of nitro benzene ring substituents is 1. The fraction of sp³-hybridized carbons (Fsp3) is 0.0435. The third-order valence-electron chi connectivity index (χ3n) is 4.69. The maximum absolute atomic E-state index is 11.6. The highest BCUT2D eigenvalue weighted by molar-refractivity contribution is 5.93. The summed E-state index contributed by atoms with van der Waals surface area (Å²) in [5.41, 5.74) is 3.97. The summed E-state index contributed by atoms with van der Waals surface area (Å²) >= 11 is 0. The van der Waals surface area contributed by atoms with Crippen LogP contribution in [-0.4, -0.2) is 9.91 Å². The van der Waals surface area contributed by atoms with Crippen LogP contribution in [0.4, 0.5) is 5.69 Å². The lowest BCUT2D eigenvalue weighted by molar-refractivity contribution is -0.383. The third-order valence-corrected chi connectivity index (χ3v) is 4.69. The number of H-pyrrole nitrogens is 1. The second kappa shape index (κ2) is 7.30. The second-order valence-electron chi connectivity index (χ2n) is 6.36. The summed E-state index contributed by atoms with van der Waals surface area (Å²) in [6, 6.07) is 25.2. The minimum absolute atomic E-state index is 0.0961. The standard InChI is InChI=1S/C23H18N2O2/c26-25(27)22-13-7-12-21-23(22)20(16-24-21)19(18-10-5-2-6-11-18)15-14-17-8-3-1-4-9-17/h1-16,19,24H/b15-14+. The molecule has 4 rings (SSSR count). The quantitative estimate of drug-likeness (QED) is 0.357. The monoisotopic (exact) mass is 354 g/mol. The number of nitrogens with one attached hydrogen (secondary N) is 1. The number of allylic oxidation sites excluding steroid dienone is 1. The first kappa shape index (κ1) is 16.8. The lowest BCUT2D eigenvalue weighted by Crippen LogP contribution is -1.98. The molecule has 27 heavy (non-hydrogen) atoms.